The lowest BCUT2D eigenvalue weighted by atomic mass is 9.91. The van der Waals surface area contributed by atoms with Crippen molar-refractivity contribution in [3.63, 3.8) is 0 Å². The molecule has 1 atom stereocenters. The summed E-state index contributed by atoms with van der Waals surface area (Å²) in [5.41, 5.74) is 4.75. The van der Waals surface area contributed by atoms with Gasteiger partial charge >= 0.3 is 0 Å². The molecule has 1 aromatic carbocycles. The molecule has 1 heterocycles. The lowest BCUT2D eigenvalue weighted by Crippen LogP contribution is -2.35. The molecule has 1 saturated heterocycles. The number of methoxy groups -OCH3 is 1. The summed E-state index contributed by atoms with van der Waals surface area (Å²) in [6.45, 7) is 7.40. The van der Waals surface area contributed by atoms with Crippen LogP contribution in [0.25, 0.3) is 0 Å². The van der Waals surface area contributed by atoms with Gasteiger partial charge in [-0.1, -0.05) is 18.0 Å². The van der Waals surface area contributed by atoms with E-state index in [4.69, 9.17) is 16.3 Å². The Labute approximate surface area is 121 Å². The smallest absolute Gasteiger partial charge is 0.125 e. The van der Waals surface area contributed by atoms with Crippen LogP contribution in [0.1, 0.15) is 41.5 Å². The minimum absolute atomic E-state index is 0.555. The average Bonchev–Trinajstić information content (AvgIpc) is 2.44. The molecule has 106 valence electrons. The Kier molecular flexibility index (Phi) is 4.75. The van der Waals surface area contributed by atoms with Gasteiger partial charge in [0, 0.05) is 16.6 Å². The van der Waals surface area contributed by atoms with Crippen molar-refractivity contribution in [2.45, 2.75) is 52.5 Å². The fourth-order valence-corrected chi connectivity index (χ4v) is 3.27. The van der Waals surface area contributed by atoms with Gasteiger partial charge in [0.1, 0.15) is 5.75 Å². The van der Waals surface area contributed by atoms with Crippen molar-refractivity contribution < 1.29 is 4.74 Å². The molecule has 2 nitrogen and oxygen atoms in total. The van der Waals surface area contributed by atoms with Gasteiger partial charge in [0.15, 0.2) is 0 Å². The van der Waals surface area contributed by atoms with Gasteiger partial charge in [-0.15, -0.1) is 0 Å². The van der Waals surface area contributed by atoms with Crippen LogP contribution in [0.4, 0.5) is 0 Å². The van der Waals surface area contributed by atoms with Crippen molar-refractivity contribution >= 4 is 11.6 Å². The van der Waals surface area contributed by atoms with Crippen molar-refractivity contribution in [2.24, 2.45) is 0 Å². The van der Waals surface area contributed by atoms with Crippen LogP contribution in [-0.4, -0.2) is 19.7 Å². The minimum Gasteiger partial charge on any atom is -0.496 e. The Morgan fingerprint density at radius 3 is 2.47 bits per heavy atom. The predicted octanol–water partition coefficient (Wildman–Crippen LogP) is 3.96. The molecule has 1 aliphatic heterocycles. The van der Waals surface area contributed by atoms with Crippen molar-refractivity contribution in [1.82, 2.24) is 5.32 Å². The summed E-state index contributed by atoms with van der Waals surface area (Å²) in [6.07, 6.45) is 4.86. The maximum Gasteiger partial charge on any atom is 0.125 e. The summed E-state index contributed by atoms with van der Waals surface area (Å²) >= 11 is 6.46. The van der Waals surface area contributed by atoms with E-state index >= 15 is 0 Å². The zero-order valence-corrected chi connectivity index (χ0v) is 13.2. The standard InChI is InChI=1S/C16H24ClNO/c1-10-11(2)16(19-4)14(12(3)15(10)17)9-13-7-5-6-8-18-13/h13,18H,5-9H2,1-4H3. The normalized spacial score (nSPS) is 19.5. The quantitative estimate of drug-likeness (QED) is 0.905. The Bertz CT molecular complexity index is 465. The number of halogens is 1. The van der Waals surface area contributed by atoms with Gasteiger partial charge in [-0.2, -0.15) is 0 Å². The van der Waals surface area contributed by atoms with E-state index in [9.17, 15) is 0 Å². The molecule has 0 radical (unpaired) electrons. The predicted molar refractivity (Wildman–Crippen MR) is 81.6 cm³/mol. The molecule has 1 unspecified atom stereocenters. The lowest BCUT2D eigenvalue weighted by molar-refractivity contribution is 0.379. The van der Waals surface area contributed by atoms with Crippen molar-refractivity contribution in [2.75, 3.05) is 13.7 Å². The van der Waals surface area contributed by atoms with E-state index in [1.165, 1.54) is 36.0 Å². The number of hydrogen-bond donors (Lipinski definition) is 1. The van der Waals surface area contributed by atoms with E-state index in [1.807, 2.05) is 0 Å². The maximum atomic E-state index is 6.46. The van der Waals surface area contributed by atoms with E-state index in [0.29, 0.717) is 6.04 Å². The first-order valence-corrected chi connectivity index (χ1v) is 7.49. The highest BCUT2D eigenvalue weighted by atomic mass is 35.5. The molecule has 0 saturated carbocycles. The molecular formula is C16H24ClNO. The zero-order valence-electron chi connectivity index (χ0n) is 12.4. The largest absolute Gasteiger partial charge is 0.496 e. The second kappa shape index (κ2) is 6.15. The summed E-state index contributed by atoms with van der Waals surface area (Å²) < 4.78 is 5.65. The number of rotatable bonds is 3. The Balaban J connectivity index is 2.37. The van der Waals surface area contributed by atoms with Crippen molar-refractivity contribution in [3.05, 3.63) is 27.3 Å². The van der Waals surface area contributed by atoms with Crippen LogP contribution >= 0.6 is 11.6 Å². The van der Waals surface area contributed by atoms with E-state index in [-0.39, 0.29) is 0 Å². The van der Waals surface area contributed by atoms with Gasteiger partial charge < -0.3 is 10.1 Å². The number of piperidine rings is 1. The molecule has 19 heavy (non-hydrogen) atoms. The van der Waals surface area contributed by atoms with Gasteiger partial charge in [0.05, 0.1) is 7.11 Å². The number of benzene rings is 1. The summed E-state index contributed by atoms with van der Waals surface area (Å²) in [4.78, 5) is 0. The first-order chi connectivity index (χ1) is 9.06. The zero-order chi connectivity index (χ0) is 14.0. The number of nitrogens with one attached hydrogen (secondary N) is 1. The van der Waals surface area contributed by atoms with Gasteiger partial charge in [-0.3, -0.25) is 0 Å². The summed E-state index contributed by atoms with van der Waals surface area (Å²) in [5, 5.41) is 4.49. The highest BCUT2D eigenvalue weighted by Crippen LogP contribution is 2.36. The van der Waals surface area contributed by atoms with Crippen LogP contribution in [0.15, 0.2) is 0 Å². The highest BCUT2D eigenvalue weighted by molar-refractivity contribution is 6.32. The average molecular weight is 282 g/mol. The van der Waals surface area contributed by atoms with Crippen molar-refractivity contribution in [3.8, 4) is 5.75 Å². The minimum atomic E-state index is 0.555. The van der Waals surface area contributed by atoms with Crippen LogP contribution in [0.2, 0.25) is 5.02 Å². The first kappa shape index (κ1) is 14.7. The van der Waals surface area contributed by atoms with Crippen molar-refractivity contribution in [1.29, 1.82) is 0 Å². The molecule has 2 rings (SSSR count). The molecule has 1 fully saturated rings. The second-order valence-corrected chi connectivity index (χ2v) is 5.93. The molecular weight excluding hydrogens is 258 g/mol. The first-order valence-electron chi connectivity index (χ1n) is 7.11. The summed E-state index contributed by atoms with van der Waals surface area (Å²) in [6, 6.07) is 0.555. The Hall–Kier alpha value is -0.730. The lowest BCUT2D eigenvalue weighted by Gasteiger charge is -2.26. The Morgan fingerprint density at radius 2 is 1.89 bits per heavy atom. The van der Waals surface area contributed by atoms with Crippen LogP contribution in [0, 0.1) is 20.8 Å². The van der Waals surface area contributed by atoms with E-state index in [1.54, 1.807) is 7.11 Å². The van der Waals surface area contributed by atoms with E-state index in [2.05, 4.69) is 26.1 Å². The summed E-state index contributed by atoms with van der Waals surface area (Å²) in [7, 11) is 1.76. The van der Waals surface area contributed by atoms with Gasteiger partial charge in [-0.25, -0.2) is 0 Å². The van der Waals surface area contributed by atoms with Gasteiger partial charge in [-0.05, 0) is 63.3 Å². The third-order valence-corrected chi connectivity index (χ3v) is 4.92. The topological polar surface area (TPSA) is 21.3 Å². The third kappa shape index (κ3) is 2.90. The fraction of sp³-hybridized carbons (Fsp3) is 0.625. The fourth-order valence-electron chi connectivity index (χ4n) is 3.01. The van der Waals surface area contributed by atoms with Gasteiger partial charge in [0.25, 0.3) is 0 Å². The highest BCUT2D eigenvalue weighted by Gasteiger charge is 2.21. The molecule has 0 bridgehead atoms. The van der Waals surface area contributed by atoms with Crippen LogP contribution in [0.5, 0.6) is 5.75 Å². The molecule has 1 N–H and O–H groups in total. The van der Waals surface area contributed by atoms with Crippen LogP contribution < -0.4 is 10.1 Å². The Morgan fingerprint density at radius 1 is 1.16 bits per heavy atom. The molecule has 1 aromatic rings. The monoisotopic (exact) mass is 281 g/mol. The molecule has 0 amide bonds. The van der Waals surface area contributed by atoms with Gasteiger partial charge in [0.2, 0.25) is 0 Å². The SMILES string of the molecule is COc1c(C)c(C)c(Cl)c(C)c1CC1CCCCN1. The molecule has 1 aliphatic rings. The van der Waals surface area contributed by atoms with Crippen LogP contribution in [0.3, 0.4) is 0 Å². The summed E-state index contributed by atoms with van der Waals surface area (Å²) in [5.74, 6) is 1.02. The molecule has 0 aliphatic carbocycles. The third-order valence-electron chi connectivity index (χ3n) is 4.36. The molecule has 3 heteroatoms. The second-order valence-electron chi connectivity index (χ2n) is 5.55. The molecule has 0 spiro atoms. The van der Waals surface area contributed by atoms with E-state index < -0.39 is 0 Å². The number of hydrogen-bond acceptors (Lipinski definition) is 2. The van der Waals surface area contributed by atoms with E-state index in [0.717, 1.165) is 29.3 Å². The maximum absolute atomic E-state index is 6.46. The number of ether oxygens (including phenoxy) is 1. The van der Waals surface area contributed by atoms with Crippen LogP contribution in [-0.2, 0) is 6.42 Å². The molecule has 0 aromatic heterocycles.